The molecule has 1 aliphatic carbocycles. The molecule has 0 spiro atoms. The summed E-state index contributed by atoms with van der Waals surface area (Å²) in [5.74, 6) is -2.34. The summed E-state index contributed by atoms with van der Waals surface area (Å²) in [5, 5.41) is 9.19. The summed E-state index contributed by atoms with van der Waals surface area (Å²) < 4.78 is 41.8. The topological polar surface area (TPSA) is 50.4 Å². The zero-order valence-corrected chi connectivity index (χ0v) is 8.88. The Morgan fingerprint density at radius 1 is 1.29 bits per heavy atom. The number of hydrogen-bond acceptors (Lipinski definition) is 2. The summed E-state index contributed by atoms with van der Waals surface area (Å²) in [4.78, 5) is 11.2. The number of aliphatic carboxylic acids is 1. The van der Waals surface area contributed by atoms with Gasteiger partial charge in [0.1, 0.15) is 11.2 Å². The Balaban J connectivity index is 2.39. The minimum Gasteiger partial charge on any atom is -0.480 e. The van der Waals surface area contributed by atoms with Gasteiger partial charge in [-0.25, -0.2) is 0 Å². The lowest BCUT2D eigenvalue weighted by Gasteiger charge is -2.20. The summed E-state index contributed by atoms with van der Waals surface area (Å²) >= 11 is 0. The van der Waals surface area contributed by atoms with E-state index in [4.69, 9.17) is 4.42 Å². The fourth-order valence-corrected chi connectivity index (χ4v) is 2.29. The molecule has 6 heteroatoms. The van der Waals surface area contributed by atoms with Crippen molar-refractivity contribution in [2.45, 2.75) is 37.3 Å². The lowest BCUT2D eigenvalue weighted by Crippen LogP contribution is -2.32. The van der Waals surface area contributed by atoms with Crippen LogP contribution < -0.4 is 0 Å². The third-order valence-corrected chi connectivity index (χ3v) is 3.22. The van der Waals surface area contributed by atoms with E-state index < -0.39 is 23.3 Å². The van der Waals surface area contributed by atoms with Crippen LogP contribution in [-0.2, 0) is 16.4 Å². The van der Waals surface area contributed by atoms with Crippen LogP contribution in [0.1, 0.15) is 37.2 Å². The second-order valence-electron chi connectivity index (χ2n) is 4.26. The predicted molar refractivity (Wildman–Crippen MR) is 51.5 cm³/mol. The maximum atomic E-state index is 12.4. The van der Waals surface area contributed by atoms with Gasteiger partial charge in [0.15, 0.2) is 0 Å². The molecule has 0 aromatic carbocycles. The van der Waals surface area contributed by atoms with E-state index in [0.29, 0.717) is 25.7 Å². The van der Waals surface area contributed by atoms with Crippen molar-refractivity contribution in [3.63, 3.8) is 0 Å². The average molecular weight is 248 g/mol. The van der Waals surface area contributed by atoms with Gasteiger partial charge in [-0.1, -0.05) is 12.8 Å². The van der Waals surface area contributed by atoms with Gasteiger partial charge >= 0.3 is 12.1 Å². The van der Waals surface area contributed by atoms with Crippen LogP contribution in [0.15, 0.2) is 16.5 Å². The highest BCUT2D eigenvalue weighted by atomic mass is 19.4. The number of alkyl halides is 3. The molecule has 17 heavy (non-hydrogen) atoms. The van der Waals surface area contributed by atoms with Crippen LogP contribution in [0.25, 0.3) is 0 Å². The SMILES string of the molecule is O=C(O)C1(c2ccc(C(F)(F)F)o2)CCCC1. The van der Waals surface area contributed by atoms with Gasteiger partial charge in [0.2, 0.25) is 5.76 Å². The molecule has 1 aromatic rings. The molecule has 2 rings (SSSR count). The summed E-state index contributed by atoms with van der Waals surface area (Å²) in [5.41, 5.74) is -1.27. The van der Waals surface area contributed by atoms with E-state index >= 15 is 0 Å². The van der Waals surface area contributed by atoms with Crippen LogP contribution in [0.5, 0.6) is 0 Å². The van der Waals surface area contributed by atoms with E-state index in [1.165, 1.54) is 0 Å². The van der Waals surface area contributed by atoms with Crippen LogP contribution in [0, 0.1) is 0 Å². The Morgan fingerprint density at radius 3 is 2.29 bits per heavy atom. The molecular formula is C11H11F3O3. The minimum absolute atomic E-state index is 0.0881. The smallest absolute Gasteiger partial charge is 0.449 e. The van der Waals surface area contributed by atoms with E-state index in [2.05, 4.69) is 0 Å². The van der Waals surface area contributed by atoms with Gasteiger partial charge in [-0.15, -0.1) is 0 Å². The van der Waals surface area contributed by atoms with Crippen molar-refractivity contribution < 1.29 is 27.5 Å². The highest BCUT2D eigenvalue weighted by Crippen LogP contribution is 2.43. The van der Waals surface area contributed by atoms with Crippen LogP contribution >= 0.6 is 0 Å². The molecule has 1 aromatic heterocycles. The summed E-state index contributed by atoms with van der Waals surface area (Å²) in [7, 11) is 0. The molecule has 0 saturated heterocycles. The van der Waals surface area contributed by atoms with Gasteiger partial charge in [-0.2, -0.15) is 13.2 Å². The molecule has 0 radical (unpaired) electrons. The minimum atomic E-state index is -4.57. The summed E-state index contributed by atoms with van der Waals surface area (Å²) in [6.45, 7) is 0. The molecule has 1 fully saturated rings. The molecule has 0 atom stereocenters. The fraction of sp³-hybridized carbons (Fsp3) is 0.545. The molecule has 0 unspecified atom stereocenters. The molecule has 1 aliphatic rings. The van der Waals surface area contributed by atoms with Gasteiger partial charge in [-0.05, 0) is 25.0 Å². The molecule has 1 saturated carbocycles. The first-order valence-electron chi connectivity index (χ1n) is 5.27. The number of halogens is 3. The Hall–Kier alpha value is -1.46. The van der Waals surface area contributed by atoms with Gasteiger partial charge in [-0.3, -0.25) is 4.79 Å². The Kier molecular flexibility index (Phi) is 2.67. The van der Waals surface area contributed by atoms with Crippen molar-refractivity contribution >= 4 is 5.97 Å². The number of carboxylic acid groups (broad SMARTS) is 1. The number of hydrogen-bond donors (Lipinski definition) is 1. The van der Waals surface area contributed by atoms with Crippen molar-refractivity contribution in [3.8, 4) is 0 Å². The predicted octanol–water partition coefficient (Wildman–Crippen LogP) is 3.19. The molecular weight excluding hydrogens is 237 g/mol. The van der Waals surface area contributed by atoms with Crippen LogP contribution in [0.2, 0.25) is 0 Å². The second-order valence-corrected chi connectivity index (χ2v) is 4.26. The molecule has 0 bridgehead atoms. The van der Waals surface area contributed by atoms with Gasteiger partial charge in [0.05, 0.1) is 0 Å². The molecule has 0 amide bonds. The Labute approximate surface area is 95.2 Å². The molecule has 1 heterocycles. The van der Waals surface area contributed by atoms with E-state index in [0.717, 1.165) is 12.1 Å². The number of carboxylic acids is 1. The molecule has 94 valence electrons. The fourth-order valence-electron chi connectivity index (χ4n) is 2.29. The van der Waals surface area contributed by atoms with Crippen molar-refractivity contribution in [3.05, 3.63) is 23.7 Å². The normalized spacial score (nSPS) is 19.5. The van der Waals surface area contributed by atoms with Crippen molar-refractivity contribution in [2.24, 2.45) is 0 Å². The van der Waals surface area contributed by atoms with Gasteiger partial charge in [0, 0.05) is 0 Å². The first kappa shape index (κ1) is 12.0. The summed E-state index contributed by atoms with van der Waals surface area (Å²) in [6, 6.07) is 1.92. The third kappa shape index (κ3) is 1.92. The third-order valence-electron chi connectivity index (χ3n) is 3.22. The zero-order chi connectivity index (χ0) is 12.7. The Morgan fingerprint density at radius 2 is 1.88 bits per heavy atom. The monoisotopic (exact) mass is 248 g/mol. The molecule has 0 aliphatic heterocycles. The lowest BCUT2D eigenvalue weighted by molar-refractivity contribution is -0.155. The van der Waals surface area contributed by atoms with Crippen LogP contribution in [0.4, 0.5) is 13.2 Å². The van der Waals surface area contributed by atoms with Crippen molar-refractivity contribution in [2.75, 3.05) is 0 Å². The highest BCUT2D eigenvalue weighted by Gasteiger charge is 2.47. The van der Waals surface area contributed by atoms with E-state index in [1.54, 1.807) is 0 Å². The first-order valence-corrected chi connectivity index (χ1v) is 5.27. The standard InChI is InChI=1S/C11H11F3O3/c12-11(13,14)8-4-3-7(17-8)10(9(15)16)5-1-2-6-10/h3-4H,1-2,5-6H2,(H,15,16). The summed E-state index contributed by atoms with van der Waals surface area (Å²) in [6.07, 6.45) is -2.54. The van der Waals surface area contributed by atoms with E-state index in [-0.39, 0.29) is 5.76 Å². The van der Waals surface area contributed by atoms with Gasteiger partial charge < -0.3 is 9.52 Å². The van der Waals surface area contributed by atoms with E-state index in [9.17, 15) is 23.1 Å². The highest BCUT2D eigenvalue weighted by molar-refractivity contribution is 5.80. The Bertz CT molecular complexity index is 427. The quantitative estimate of drug-likeness (QED) is 0.874. The largest absolute Gasteiger partial charge is 0.480 e. The zero-order valence-electron chi connectivity index (χ0n) is 8.88. The maximum absolute atomic E-state index is 12.4. The van der Waals surface area contributed by atoms with Gasteiger partial charge in [0.25, 0.3) is 0 Å². The maximum Gasteiger partial charge on any atom is 0.449 e. The first-order chi connectivity index (χ1) is 7.86. The second kappa shape index (κ2) is 3.78. The van der Waals surface area contributed by atoms with Crippen molar-refractivity contribution in [1.82, 2.24) is 0 Å². The number of rotatable bonds is 2. The van der Waals surface area contributed by atoms with E-state index in [1.807, 2.05) is 0 Å². The number of carbonyl (C=O) groups is 1. The molecule has 3 nitrogen and oxygen atoms in total. The lowest BCUT2D eigenvalue weighted by atomic mass is 9.84. The average Bonchev–Trinajstić information content (AvgIpc) is 2.86. The van der Waals surface area contributed by atoms with Crippen LogP contribution in [0.3, 0.4) is 0 Å². The molecule has 1 N–H and O–H groups in total. The van der Waals surface area contributed by atoms with Crippen molar-refractivity contribution in [1.29, 1.82) is 0 Å². The number of furan rings is 1. The van der Waals surface area contributed by atoms with Crippen LogP contribution in [-0.4, -0.2) is 11.1 Å².